The molecule has 0 aromatic heterocycles. The van der Waals surface area contributed by atoms with Crippen LogP contribution < -0.4 is 5.73 Å². The van der Waals surface area contributed by atoms with Crippen molar-refractivity contribution in [3.63, 3.8) is 0 Å². The minimum Gasteiger partial charge on any atom is -0.409 e. The molecule has 1 aliphatic rings. The predicted molar refractivity (Wildman–Crippen MR) is 59.4 cm³/mol. The molecule has 3 atom stereocenters. The second-order valence-electron chi connectivity index (χ2n) is 4.49. The van der Waals surface area contributed by atoms with Crippen LogP contribution in [0, 0.1) is 5.92 Å². The van der Waals surface area contributed by atoms with E-state index in [4.69, 9.17) is 15.7 Å². The van der Waals surface area contributed by atoms with Crippen LogP contribution in [0.3, 0.4) is 0 Å². The van der Waals surface area contributed by atoms with Gasteiger partial charge in [-0.1, -0.05) is 5.16 Å². The molecule has 1 fully saturated rings. The molecule has 0 spiro atoms. The lowest BCUT2D eigenvalue weighted by Gasteiger charge is -2.30. The summed E-state index contributed by atoms with van der Waals surface area (Å²) in [6, 6.07) is -0.0821. The van der Waals surface area contributed by atoms with Gasteiger partial charge in [0.2, 0.25) is 0 Å². The van der Waals surface area contributed by atoms with Crippen LogP contribution in [0.5, 0.6) is 0 Å². The molecular formula is C10H18F3N3O2. The van der Waals surface area contributed by atoms with E-state index in [1.807, 2.05) is 6.92 Å². The normalized spacial score (nSPS) is 27.8. The molecule has 8 heteroatoms. The fraction of sp³-hybridized carbons (Fsp3) is 0.900. The van der Waals surface area contributed by atoms with Gasteiger partial charge in [0.15, 0.2) is 5.84 Å². The van der Waals surface area contributed by atoms with Gasteiger partial charge in [0.1, 0.15) is 5.92 Å². The summed E-state index contributed by atoms with van der Waals surface area (Å²) in [5, 5.41) is 10.9. The molecule has 0 aromatic carbocycles. The number of amidine groups is 1. The molecule has 0 bridgehead atoms. The van der Waals surface area contributed by atoms with Gasteiger partial charge in [-0.15, -0.1) is 0 Å². The zero-order valence-electron chi connectivity index (χ0n) is 10.3. The van der Waals surface area contributed by atoms with Crippen molar-refractivity contribution < 1.29 is 23.1 Å². The van der Waals surface area contributed by atoms with E-state index in [1.54, 1.807) is 11.9 Å². The van der Waals surface area contributed by atoms with Crippen LogP contribution in [0.2, 0.25) is 0 Å². The van der Waals surface area contributed by atoms with Crippen LogP contribution in [0.1, 0.15) is 13.3 Å². The van der Waals surface area contributed by atoms with Crippen molar-refractivity contribution in [3.05, 3.63) is 0 Å². The van der Waals surface area contributed by atoms with Gasteiger partial charge in [-0.3, -0.25) is 4.90 Å². The first-order valence-corrected chi connectivity index (χ1v) is 5.63. The van der Waals surface area contributed by atoms with Gasteiger partial charge in [0, 0.05) is 19.2 Å². The predicted octanol–water partition coefficient (Wildman–Crippen LogP) is 1.02. The number of nitrogens with two attached hydrogens (primary N) is 1. The van der Waals surface area contributed by atoms with Gasteiger partial charge in [-0.25, -0.2) is 0 Å². The standard InChI is InChI=1S/C10H18F3N3O2/c1-6-8(3-4-18-6)16(2)5-7(9(14)15-17)10(11,12)13/h6-8,17H,3-5H2,1-2H3,(H2,14,15). The number of alkyl halides is 3. The van der Waals surface area contributed by atoms with Crippen molar-refractivity contribution in [3.8, 4) is 0 Å². The number of halogens is 3. The molecule has 5 nitrogen and oxygen atoms in total. The van der Waals surface area contributed by atoms with Crippen LogP contribution in [0.4, 0.5) is 13.2 Å². The Labute approximate surface area is 103 Å². The molecule has 0 aliphatic carbocycles. The smallest absolute Gasteiger partial charge is 0.400 e. The lowest BCUT2D eigenvalue weighted by molar-refractivity contribution is -0.161. The van der Waals surface area contributed by atoms with Crippen LogP contribution in [0.15, 0.2) is 5.16 Å². The third kappa shape index (κ3) is 3.49. The van der Waals surface area contributed by atoms with Gasteiger partial charge < -0.3 is 15.7 Å². The Morgan fingerprint density at radius 3 is 2.61 bits per heavy atom. The molecule has 3 N–H and O–H groups in total. The highest BCUT2D eigenvalue weighted by atomic mass is 19.4. The summed E-state index contributed by atoms with van der Waals surface area (Å²) < 4.78 is 43.6. The molecule has 0 radical (unpaired) electrons. The van der Waals surface area contributed by atoms with Crippen molar-refractivity contribution in [1.29, 1.82) is 0 Å². The van der Waals surface area contributed by atoms with Gasteiger partial charge in [-0.2, -0.15) is 13.2 Å². The van der Waals surface area contributed by atoms with Gasteiger partial charge in [-0.05, 0) is 20.4 Å². The first kappa shape index (κ1) is 15.0. The van der Waals surface area contributed by atoms with Crippen LogP contribution in [-0.2, 0) is 4.74 Å². The molecule has 18 heavy (non-hydrogen) atoms. The maximum Gasteiger partial charge on any atom is 0.400 e. The van der Waals surface area contributed by atoms with E-state index in [0.29, 0.717) is 13.0 Å². The zero-order valence-corrected chi connectivity index (χ0v) is 10.3. The van der Waals surface area contributed by atoms with Crippen LogP contribution in [0.25, 0.3) is 0 Å². The number of likely N-dealkylation sites (N-methyl/N-ethyl adjacent to an activating group) is 1. The summed E-state index contributed by atoms with van der Waals surface area (Å²) in [6.07, 6.45) is -3.97. The Hall–Kier alpha value is -1.02. The fourth-order valence-electron chi connectivity index (χ4n) is 2.16. The molecule has 1 rings (SSSR count). The fourth-order valence-corrected chi connectivity index (χ4v) is 2.16. The second kappa shape index (κ2) is 5.75. The molecule has 106 valence electrons. The summed E-state index contributed by atoms with van der Waals surface area (Å²) in [4.78, 5) is 1.55. The number of oxime groups is 1. The van der Waals surface area contributed by atoms with Gasteiger partial charge in [0.25, 0.3) is 0 Å². The second-order valence-corrected chi connectivity index (χ2v) is 4.49. The summed E-state index contributed by atoms with van der Waals surface area (Å²) in [5.41, 5.74) is 5.11. The molecule has 0 aromatic rings. The SMILES string of the molecule is CC1OCCC1N(C)CC(C(N)=NO)C(F)(F)F. The molecule has 1 heterocycles. The Balaban J connectivity index is 2.72. The first-order valence-electron chi connectivity index (χ1n) is 5.63. The van der Waals surface area contributed by atoms with Crippen molar-refractivity contribution in [2.45, 2.75) is 31.7 Å². The Morgan fingerprint density at radius 1 is 1.61 bits per heavy atom. The molecule has 1 saturated heterocycles. The highest BCUT2D eigenvalue weighted by Crippen LogP contribution is 2.29. The minimum absolute atomic E-state index is 0.0821. The highest BCUT2D eigenvalue weighted by Gasteiger charge is 2.44. The summed E-state index contributed by atoms with van der Waals surface area (Å²) in [5.74, 6) is -2.79. The van der Waals surface area contributed by atoms with E-state index < -0.39 is 17.9 Å². The van der Waals surface area contributed by atoms with E-state index in [-0.39, 0.29) is 18.7 Å². The van der Waals surface area contributed by atoms with Crippen LogP contribution >= 0.6 is 0 Å². The lowest BCUT2D eigenvalue weighted by atomic mass is 10.0. The zero-order chi connectivity index (χ0) is 13.9. The van der Waals surface area contributed by atoms with Crippen molar-refractivity contribution >= 4 is 5.84 Å². The number of hydrogen-bond acceptors (Lipinski definition) is 4. The van der Waals surface area contributed by atoms with Crippen molar-refractivity contribution in [2.24, 2.45) is 16.8 Å². The van der Waals surface area contributed by atoms with E-state index in [2.05, 4.69) is 5.16 Å². The monoisotopic (exact) mass is 269 g/mol. The number of rotatable bonds is 4. The van der Waals surface area contributed by atoms with E-state index in [0.717, 1.165) is 0 Å². The maximum atomic E-state index is 12.8. The summed E-state index contributed by atoms with van der Waals surface area (Å²) >= 11 is 0. The van der Waals surface area contributed by atoms with E-state index >= 15 is 0 Å². The highest BCUT2D eigenvalue weighted by molar-refractivity contribution is 5.83. The number of ether oxygens (including phenoxy) is 1. The van der Waals surface area contributed by atoms with E-state index in [9.17, 15) is 13.2 Å². The van der Waals surface area contributed by atoms with Gasteiger partial charge >= 0.3 is 6.18 Å². The lowest BCUT2D eigenvalue weighted by Crippen LogP contribution is -2.47. The molecule has 0 amide bonds. The average Bonchev–Trinajstić information content (AvgIpc) is 2.69. The van der Waals surface area contributed by atoms with Crippen molar-refractivity contribution in [2.75, 3.05) is 20.2 Å². The molecule has 3 unspecified atom stereocenters. The molecule has 0 saturated carbocycles. The summed E-state index contributed by atoms with van der Waals surface area (Å²) in [7, 11) is 1.58. The topological polar surface area (TPSA) is 71.1 Å². The molecular weight excluding hydrogens is 251 g/mol. The Kier molecular flexibility index (Phi) is 4.80. The Morgan fingerprint density at radius 2 is 2.22 bits per heavy atom. The number of hydrogen-bond donors (Lipinski definition) is 2. The first-order chi connectivity index (χ1) is 8.27. The minimum atomic E-state index is -4.53. The largest absolute Gasteiger partial charge is 0.409 e. The van der Waals surface area contributed by atoms with Crippen LogP contribution in [-0.4, -0.2) is 54.5 Å². The van der Waals surface area contributed by atoms with Gasteiger partial charge in [0.05, 0.1) is 6.10 Å². The third-order valence-corrected chi connectivity index (χ3v) is 3.24. The summed E-state index contributed by atoms with van der Waals surface area (Å²) in [6.45, 7) is 2.01. The third-order valence-electron chi connectivity index (χ3n) is 3.24. The number of nitrogens with zero attached hydrogens (tertiary/aromatic N) is 2. The maximum absolute atomic E-state index is 12.8. The molecule has 1 aliphatic heterocycles. The van der Waals surface area contributed by atoms with E-state index in [1.165, 1.54) is 0 Å². The average molecular weight is 269 g/mol. The van der Waals surface area contributed by atoms with Crippen molar-refractivity contribution in [1.82, 2.24) is 4.90 Å². The quantitative estimate of drug-likeness (QED) is 0.346. The Bertz CT molecular complexity index is 309.